The maximum Gasteiger partial charge on any atom is 0.137 e. The van der Waals surface area contributed by atoms with Crippen molar-refractivity contribution in [1.29, 1.82) is 0 Å². The van der Waals surface area contributed by atoms with Crippen LogP contribution in [-0.2, 0) is 0 Å². The van der Waals surface area contributed by atoms with Gasteiger partial charge in [0.1, 0.15) is 22.3 Å². The van der Waals surface area contributed by atoms with Gasteiger partial charge in [-0.3, -0.25) is 0 Å². The van der Waals surface area contributed by atoms with Crippen LogP contribution in [-0.4, -0.2) is 0 Å². The Morgan fingerprint density at radius 3 is 1.74 bits per heavy atom. The maximum absolute atomic E-state index is 6.55. The summed E-state index contributed by atoms with van der Waals surface area (Å²) in [6, 6.07) is 69.0. The molecule has 0 aliphatic rings. The van der Waals surface area contributed by atoms with Crippen LogP contribution in [0, 0.1) is 0 Å². The molecular weight excluding hydrogens is 717 g/mol. The Balaban J connectivity index is 1.23. The summed E-state index contributed by atoms with van der Waals surface area (Å²) in [5, 5.41) is 9.26. The molecule has 0 atom stereocenters. The molecular formula is C52H32N2O2S. The average molecular weight is 749 g/mol. The van der Waals surface area contributed by atoms with E-state index in [1.807, 2.05) is 35.6 Å². The number of anilines is 6. The van der Waals surface area contributed by atoms with Gasteiger partial charge in [-0.05, 0) is 89.6 Å². The number of thiophene rings is 1. The monoisotopic (exact) mass is 748 g/mol. The number of benzene rings is 9. The van der Waals surface area contributed by atoms with E-state index >= 15 is 0 Å². The van der Waals surface area contributed by atoms with Crippen LogP contribution in [0.2, 0.25) is 0 Å². The first-order valence-corrected chi connectivity index (χ1v) is 20.0. The molecule has 0 aliphatic carbocycles. The van der Waals surface area contributed by atoms with Crippen LogP contribution >= 0.6 is 11.3 Å². The Hall–Kier alpha value is -7.34. The minimum Gasteiger partial charge on any atom is -0.456 e. The molecule has 0 radical (unpaired) electrons. The third-order valence-corrected chi connectivity index (χ3v) is 12.4. The van der Waals surface area contributed by atoms with Gasteiger partial charge in [0, 0.05) is 60.4 Å². The second kappa shape index (κ2) is 12.6. The molecule has 4 nitrogen and oxygen atoms in total. The molecule has 0 bridgehead atoms. The third kappa shape index (κ3) is 4.99. The number of hydrogen-bond acceptors (Lipinski definition) is 5. The normalized spacial score (nSPS) is 11.9. The second-order valence-corrected chi connectivity index (χ2v) is 15.5. The average Bonchev–Trinajstić information content (AvgIpc) is 3.96. The largest absolute Gasteiger partial charge is 0.456 e. The molecule has 0 unspecified atom stereocenters. The zero-order valence-corrected chi connectivity index (χ0v) is 31.4. The fraction of sp³-hybridized carbons (Fsp3) is 0. The van der Waals surface area contributed by atoms with E-state index in [0.717, 1.165) is 78.0 Å². The van der Waals surface area contributed by atoms with Crippen LogP contribution < -0.4 is 9.80 Å². The van der Waals surface area contributed by atoms with Crippen LogP contribution in [0.1, 0.15) is 0 Å². The van der Waals surface area contributed by atoms with Gasteiger partial charge in [-0.25, -0.2) is 0 Å². The number of furan rings is 2. The summed E-state index contributed by atoms with van der Waals surface area (Å²) in [5.41, 5.74) is 9.72. The van der Waals surface area contributed by atoms with E-state index in [0.29, 0.717) is 0 Å². The van der Waals surface area contributed by atoms with Gasteiger partial charge in [0.05, 0.1) is 21.5 Å². The van der Waals surface area contributed by atoms with Gasteiger partial charge < -0.3 is 18.6 Å². The molecule has 3 aromatic heterocycles. The van der Waals surface area contributed by atoms with Gasteiger partial charge in [-0.2, -0.15) is 0 Å². The molecule has 0 saturated carbocycles. The number of rotatable bonds is 6. The maximum atomic E-state index is 6.55. The molecule has 3 heterocycles. The number of nitrogens with zero attached hydrogens (tertiary/aromatic N) is 2. The summed E-state index contributed by atoms with van der Waals surface area (Å²) >= 11 is 1.85. The molecule has 0 amide bonds. The first-order chi connectivity index (χ1) is 28.3. The molecule has 268 valence electrons. The van der Waals surface area contributed by atoms with Crippen molar-refractivity contribution < 1.29 is 8.83 Å². The third-order valence-electron chi connectivity index (χ3n) is 11.2. The summed E-state index contributed by atoms with van der Waals surface area (Å²) in [7, 11) is 0. The molecule has 9 aromatic carbocycles. The predicted octanol–water partition coefficient (Wildman–Crippen LogP) is 15.9. The molecule has 0 N–H and O–H groups in total. The Morgan fingerprint density at radius 2 is 0.947 bits per heavy atom. The van der Waals surface area contributed by atoms with Crippen molar-refractivity contribution in [3.8, 4) is 0 Å². The van der Waals surface area contributed by atoms with Crippen molar-refractivity contribution in [3.05, 3.63) is 194 Å². The Bertz CT molecular complexity index is 3450. The van der Waals surface area contributed by atoms with Crippen molar-refractivity contribution in [2.45, 2.75) is 0 Å². The van der Waals surface area contributed by atoms with Crippen LogP contribution in [0.4, 0.5) is 34.1 Å². The van der Waals surface area contributed by atoms with E-state index in [-0.39, 0.29) is 0 Å². The zero-order chi connectivity index (χ0) is 37.5. The first kappa shape index (κ1) is 32.0. The molecule has 12 aromatic rings. The highest BCUT2D eigenvalue weighted by Gasteiger charge is 2.25. The highest BCUT2D eigenvalue weighted by Crippen LogP contribution is 2.51. The van der Waals surface area contributed by atoms with Gasteiger partial charge >= 0.3 is 0 Å². The summed E-state index contributed by atoms with van der Waals surface area (Å²) in [6.45, 7) is 0. The van der Waals surface area contributed by atoms with Gasteiger partial charge in [0.15, 0.2) is 0 Å². The fourth-order valence-corrected chi connectivity index (χ4v) is 9.92. The lowest BCUT2D eigenvalue weighted by molar-refractivity contribution is 0.669. The molecule has 12 rings (SSSR count). The Kier molecular flexibility index (Phi) is 7.06. The molecule has 5 heteroatoms. The van der Waals surface area contributed by atoms with Gasteiger partial charge in [0.2, 0.25) is 0 Å². The molecule has 57 heavy (non-hydrogen) atoms. The zero-order valence-electron chi connectivity index (χ0n) is 30.6. The van der Waals surface area contributed by atoms with E-state index in [2.05, 4.69) is 180 Å². The minimum atomic E-state index is 0.839. The summed E-state index contributed by atoms with van der Waals surface area (Å²) in [4.78, 5) is 4.79. The number of fused-ring (bicyclic) bond motifs is 11. The lowest BCUT2D eigenvalue weighted by atomic mass is 10.0. The highest BCUT2D eigenvalue weighted by molar-refractivity contribution is 7.26. The van der Waals surface area contributed by atoms with E-state index in [4.69, 9.17) is 8.83 Å². The first-order valence-electron chi connectivity index (χ1n) is 19.2. The molecule has 0 spiro atoms. The smallest absolute Gasteiger partial charge is 0.137 e. The summed E-state index contributed by atoms with van der Waals surface area (Å²) in [6.07, 6.45) is 0. The second-order valence-electron chi connectivity index (χ2n) is 14.5. The van der Waals surface area contributed by atoms with E-state index in [1.54, 1.807) is 0 Å². The van der Waals surface area contributed by atoms with Crippen molar-refractivity contribution in [2.75, 3.05) is 9.80 Å². The molecule has 0 aliphatic heterocycles. The lowest BCUT2D eigenvalue weighted by Gasteiger charge is -2.30. The lowest BCUT2D eigenvalue weighted by Crippen LogP contribution is -2.13. The minimum absolute atomic E-state index is 0.839. The van der Waals surface area contributed by atoms with E-state index in [1.165, 1.54) is 30.9 Å². The van der Waals surface area contributed by atoms with E-state index < -0.39 is 0 Å². The van der Waals surface area contributed by atoms with Crippen LogP contribution in [0.5, 0.6) is 0 Å². The quantitative estimate of drug-likeness (QED) is 0.170. The number of para-hydroxylation sites is 4. The van der Waals surface area contributed by atoms with Crippen molar-refractivity contribution >= 4 is 120 Å². The van der Waals surface area contributed by atoms with Gasteiger partial charge in [0.25, 0.3) is 0 Å². The Labute approximate surface area is 331 Å². The highest BCUT2D eigenvalue weighted by atomic mass is 32.1. The SMILES string of the molecule is c1ccc(N(c2ccccc2)c2cc(N(c3ccc4c(c3)oc3ccccc34)c3cccc4oc5ccccc5c34)cc3c2sc2ccc4ccccc4c23)cc1. The molecule has 0 saturated heterocycles. The predicted molar refractivity (Wildman–Crippen MR) is 241 cm³/mol. The topological polar surface area (TPSA) is 32.8 Å². The summed E-state index contributed by atoms with van der Waals surface area (Å²) < 4.78 is 15.5. The number of hydrogen-bond donors (Lipinski definition) is 0. The fourth-order valence-electron chi connectivity index (χ4n) is 8.72. The standard InChI is InChI=1S/C52H32N2O2S/c1-3-15-34(16-4-1)53(35-17-5-2-6-18-35)44-31-37(30-42-50-38-19-8-7-14-33(38)26-29-49(50)57-52(42)44)54(36-27-28-40-39-20-9-11-23-45(39)56-48(40)32-36)43-22-13-25-47-51(43)41-21-10-12-24-46(41)55-47/h1-32H. The van der Waals surface area contributed by atoms with Gasteiger partial charge in [-0.15, -0.1) is 11.3 Å². The Morgan fingerprint density at radius 1 is 0.333 bits per heavy atom. The van der Waals surface area contributed by atoms with Crippen molar-refractivity contribution in [3.63, 3.8) is 0 Å². The van der Waals surface area contributed by atoms with Crippen molar-refractivity contribution in [2.24, 2.45) is 0 Å². The van der Waals surface area contributed by atoms with Crippen molar-refractivity contribution in [1.82, 2.24) is 0 Å². The van der Waals surface area contributed by atoms with Crippen LogP contribution in [0.3, 0.4) is 0 Å². The summed E-state index contributed by atoms with van der Waals surface area (Å²) in [5.74, 6) is 0. The molecule has 0 fully saturated rings. The van der Waals surface area contributed by atoms with Gasteiger partial charge in [-0.1, -0.05) is 109 Å². The van der Waals surface area contributed by atoms with Crippen LogP contribution in [0.25, 0.3) is 74.8 Å². The van der Waals surface area contributed by atoms with E-state index in [9.17, 15) is 0 Å². The van der Waals surface area contributed by atoms with Crippen LogP contribution in [0.15, 0.2) is 203 Å².